The van der Waals surface area contributed by atoms with Crippen molar-refractivity contribution in [2.75, 3.05) is 5.75 Å². The summed E-state index contributed by atoms with van der Waals surface area (Å²) in [6.07, 6.45) is 3.62. The number of hydrogen-bond donors (Lipinski definition) is 0. The van der Waals surface area contributed by atoms with Crippen LogP contribution < -0.4 is 0 Å². The summed E-state index contributed by atoms with van der Waals surface area (Å²) in [6.45, 7) is 6.68. The lowest BCUT2D eigenvalue weighted by Gasteiger charge is -2.37. The first-order valence-electron chi connectivity index (χ1n) is 5.49. The van der Waals surface area contributed by atoms with Crippen LogP contribution in [-0.4, -0.2) is 18.9 Å². The van der Waals surface area contributed by atoms with Crippen LogP contribution >= 0.6 is 0 Å². The van der Waals surface area contributed by atoms with E-state index in [1.54, 1.807) is 0 Å². The molecule has 0 aromatic heterocycles. The van der Waals surface area contributed by atoms with Crippen molar-refractivity contribution in [1.82, 2.24) is 0 Å². The standard InChI is InChI=1S/C11H20O2S/c1-10(2,3)9-4-7-14(12,13)11(8-9)5-6-11/h9H,4-8H2,1-3H3. The maximum absolute atomic E-state index is 11.8. The van der Waals surface area contributed by atoms with Gasteiger partial charge in [-0.25, -0.2) is 8.42 Å². The van der Waals surface area contributed by atoms with Crippen molar-refractivity contribution >= 4 is 9.84 Å². The van der Waals surface area contributed by atoms with E-state index in [0.29, 0.717) is 11.7 Å². The van der Waals surface area contributed by atoms with Gasteiger partial charge in [-0.15, -0.1) is 0 Å². The van der Waals surface area contributed by atoms with Crippen LogP contribution in [0.3, 0.4) is 0 Å². The topological polar surface area (TPSA) is 34.1 Å². The van der Waals surface area contributed by atoms with Crippen molar-refractivity contribution in [3.8, 4) is 0 Å². The summed E-state index contributed by atoms with van der Waals surface area (Å²) < 4.78 is 23.4. The molecule has 2 nitrogen and oxygen atoms in total. The molecule has 2 aliphatic rings. The summed E-state index contributed by atoms with van der Waals surface area (Å²) in [4.78, 5) is 0. The van der Waals surface area contributed by atoms with Gasteiger partial charge < -0.3 is 0 Å². The molecule has 1 atom stereocenters. The molecule has 0 radical (unpaired) electrons. The van der Waals surface area contributed by atoms with Crippen molar-refractivity contribution in [2.24, 2.45) is 11.3 Å². The van der Waals surface area contributed by atoms with Gasteiger partial charge in [-0.1, -0.05) is 20.8 Å². The molecule has 2 rings (SSSR count). The monoisotopic (exact) mass is 216 g/mol. The fourth-order valence-corrected chi connectivity index (χ4v) is 4.79. The van der Waals surface area contributed by atoms with E-state index in [2.05, 4.69) is 20.8 Å². The summed E-state index contributed by atoms with van der Waals surface area (Å²) in [5.41, 5.74) is 0.269. The van der Waals surface area contributed by atoms with Gasteiger partial charge in [0.1, 0.15) is 0 Å². The van der Waals surface area contributed by atoms with Gasteiger partial charge in [-0.3, -0.25) is 0 Å². The lowest BCUT2D eigenvalue weighted by atomic mass is 9.76. The fourth-order valence-electron chi connectivity index (χ4n) is 2.59. The normalized spacial score (nSPS) is 34.4. The molecule has 0 bridgehead atoms. The van der Waals surface area contributed by atoms with Crippen LogP contribution in [0.15, 0.2) is 0 Å². The second kappa shape index (κ2) is 2.75. The Bertz CT molecular complexity index is 331. The highest BCUT2D eigenvalue weighted by Gasteiger charge is 2.58. The first-order valence-corrected chi connectivity index (χ1v) is 7.14. The molecule has 1 aliphatic carbocycles. The highest BCUT2D eigenvalue weighted by molar-refractivity contribution is 7.93. The third kappa shape index (κ3) is 1.50. The maximum Gasteiger partial charge on any atom is 0.156 e. The molecule has 1 saturated carbocycles. The fraction of sp³-hybridized carbons (Fsp3) is 1.00. The average molecular weight is 216 g/mol. The van der Waals surface area contributed by atoms with Crippen LogP contribution in [0.2, 0.25) is 0 Å². The summed E-state index contributed by atoms with van der Waals surface area (Å²) in [6, 6.07) is 0. The SMILES string of the molecule is CC(C)(C)C1CCS(=O)(=O)C2(CC2)C1. The Labute approximate surface area is 87.0 Å². The third-order valence-electron chi connectivity index (χ3n) is 4.05. The van der Waals surface area contributed by atoms with Crippen LogP contribution in [0.1, 0.15) is 46.5 Å². The molecule has 3 heteroatoms. The van der Waals surface area contributed by atoms with Crippen molar-refractivity contribution in [3.05, 3.63) is 0 Å². The predicted molar refractivity (Wildman–Crippen MR) is 57.9 cm³/mol. The Balaban J connectivity index is 2.20. The average Bonchev–Trinajstić information content (AvgIpc) is 2.74. The Morgan fingerprint density at radius 1 is 1.21 bits per heavy atom. The molecule has 1 heterocycles. The van der Waals surface area contributed by atoms with Gasteiger partial charge in [0, 0.05) is 0 Å². The Morgan fingerprint density at radius 3 is 2.21 bits per heavy atom. The highest BCUT2D eigenvalue weighted by atomic mass is 32.2. The molecule has 0 aromatic carbocycles. The van der Waals surface area contributed by atoms with Gasteiger partial charge in [0.25, 0.3) is 0 Å². The van der Waals surface area contributed by atoms with Gasteiger partial charge in [-0.2, -0.15) is 0 Å². The zero-order chi connectivity index (χ0) is 10.6. The summed E-state index contributed by atoms with van der Waals surface area (Å²) in [7, 11) is -2.74. The predicted octanol–water partition coefficient (Wildman–Crippen LogP) is 2.39. The minimum Gasteiger partial charge on any atom is -0.228 e. The van der Waals surface area contributed by atoms with Gasteiger partial charge >= 0.3 is 0 Å². The van der Waals surface area contributed by atoms with Crippen molar-refractivity contribution < 1.29 is 8.42 Å². The lowest BCUT2D eigenvalue weighted by Crippen LogP contribution is -2.39. The molecule has 0 amide bonds. The summed E-state index contributed by atoms with van der Waals surface area (Å²) >= 11 is 0. The molecular weight excluding hydrogens is 196 g/mol. The van der Waals surface area contributed by atoms with E-state index in [9.17, 15) is 8.42 Å². The molecule has 1 spiro atoms. The number of sulfone groups is 1. The van der Waals surface area contributed by atoms with Gasteiger partial charge in [0.05, 0.1) is 10.5 Å². The van der Waals surface area contributed by atoms with Crippen LogP contribution in [0.25, 0.3) is 0 Å². The molecular formula is C11H20O2S. The molecule has 1 saturated heterocycles. The molecule has 14 heavy (non-hydrogen) atoms. The highest BCUT2D eigenvalue weighted by Crippen LogP contribution is 2.55. The van der Waals surface area contributed by atoms with E-state index < -0.39 is 9.84 Å². The molecule has 1 aliphatic heterocycles. The zero-order valence-electron chi connectivity index (χ0n) is 9.34. The van der Waals surface area contributed by atoms with Crippen LogP contribution in [-0.2, 0) is 9.84 Å². The molecule has 1 unspecified atom stereocenters. The maximum atomic E-state index is 11.8. The minimum atomic E-state index is -2.74. The van der Waals surface area contributed by atoms with E-state index in [0.717, 1.165) is 25.7 Å². The second-order valence-corrected chi connectivity index (χ2v) is 8.56. The smallest absolute Gasteiger partial charge is 0.156 e. The first-order chi connectivity index (χ1) is 6.27. The molecule has 82 valence electrons. The summed E-state index contributed by atoms with van der Waals surface area (Å²) in [5.74, 6) is 1.02. The van der Waals surface area contributed by atoms with E-state index in [4.69, 9.17) is 0 Å². The van der Waals surface area contributed by atoms with Gasteiger partial charge in [-0.05, 0) is 37.0 Å². The molecule has 0 aromatic rings. The van der Waals surface area contributed by atoms with E-state index >= 15 is 0 Å². The van der Waals surface area contributed by atoms with Gasteiger partial charge in [0.2, 0.25) is 0 Å². The number of hydrogen-bond acceptors (Lipinski definition) is 2. The molecule has 2 fully saturated rings. The lowest BCUT2D eigenvalue weighted by molar-refractivity contribution is 0.206. The van der Waals surface area contributed by atoms with Gasteiger partial charge in [0.15, 0.2) is 9.84 Å². The summed E-state index contributed by atoms with van der Waals surface area (Å²) in [5, 5.41) is 0. The largest absolute Gasteiger partial charge is 0.228 e. The number of rotatable bonds is 0. The second-order valence-electron chi connectivity index (χ2n) is 6.06. The quantitative estimate of drug-likeness (QED) is 0.623. The van der Waals surface area contributed by atoms with Crippen molar-refractivity contribution in [3.63, 3.8) is 0 Å². The molecule has 0 N–H and O–H groups in total. The minimum absolute atomic E-state index is 0.269. The van der Waals surface area contributed by atoms with Crippen molar-refractivity contribution in [2.45, 2.75) is 51.2 Å². The Hall–Kier alpha value is -0.0500. The van der Waals surface area contributed by atoms with E-state index in [-0.39, 0.29) is 10.2 Å². The van der Waals surface area contributed by atoms with Crippen LogP contribution in [0, 0.1) is 11.3 Å². The third-order valence-corrected chi connectivity index (χ3v) is 6.71. The Morgan fingerprint density at radius 2 is 1.79 bits per heavy atom. The van der Waals surface area contributed by atoms with Crippen LogP contribution in [0.4, 0.5) is 0 Å². The zero-order valence-corrected chi connectivity index (χ0v) is 10.2. The van der Waals surface area contributed by atoms with E-state index in [1.807, 2.05) is 0 Å². The van der Waals surface area contributed by atoms with Crippen LogP contribution in [0.5, 0.6) is 0 Å². The Kier molecular flexibility index (Phi) is 2.05. The van der Waals surface area contributed by atoms with E-state index in [1.165, 1.54) is 0 Å². The van der Waals surface area contributed by atoms with Crippen molar-refractivity contribution in [1.29, 1.82) is 0 Å². The first kappa shape index (κ1) is 10.5.